The third kappa shape index (κ3) is 5.57. The Morgan fingerprint density at radius 1 is 1.11 bits per heavy atom. The van der Waals surface area contributed by atoms with E-state index in [1.807, 2.05) is 58.0 Å². The number of rotatable bonds is 7. The third-order valence-electron chi connectivity index (χ3n) is 4.60. The van der Waals surface area contributed by atoms with Gasteiger partial charge in [-0.2, -0.15) is 0 Å². The second-order valence-corrected chi connectivity index (χ2v) is 8.85. The molecule has 1 N–H and O–H groups in total. The number of sulfonamides is 1. The Balaban J connectivity index is 2.17. The Hall–Kier alpha value is -2.34. The van der Waals surface area contributed by atoms with Gasteiger partial charge in [0.1, 0.15) is 6.54 Å². The fourth-order valence-electron chi connectivity index (χ4n) is 3.02. The van der Waals surface area contributed by atoms with E-state index < -0.39 is 10.0 Å². The van der Waals surface area contributed by atoms with Gasteiger partial charge in [-0.15, -0.1) is 0 Å². The minimum absolute atomic E-state index is 0.207. The molecule has 0 saturated heterocycles. The maximum Gasteiger partial charge on any atom is 0.241 e. The lowest BCUT2D eigenvalue weighted by atomic mass is 10.00. The molecule has 1 amide bonds. The van der Waals surface area contributed by atoms with Crippen molar-refractivity contribution in [1.82, 2.24) is 5.32 Å². The van der Waals surface area contributed by atoms with Crippen LogP contribution in [0.5, 0.6) is 0 Å². The van der Waals surface area contributed by atoms with Crippen molar-refractivity contribution in [3.8, 4) is 0 Å². The van der Waals surface area contributed by atoms with Gasteiger partial charge in [0.15, 0.2) is 0 Å². The van der Waals surface area contributed by atoms with E-state index in [1.54, 1.807) is 12.1 Å². The Morgan fingerprint density at radius 3 is 2.30 bits per heavy atom. The summed E-state index contributed by atoms with van der Waals surface area (Å²) in [6.07, 6.45) is 1.98. The monoisotopic (exact) mass is 388 g/mol. The van der Waals surface area contributed by atoms with E-state index in [2.05, 4.69) is 5.32 Å². The Bertz CT molecular complexity index is 906. The summed E-state index contributed by atoms with van der Waals surface area (Å²) in [5.74, 6) is -0.339. The lowest BCUT2D eigenvalue weighted by Gasteiger charge is -2.24. The smallest absolute Gasteiger partial charge is 0.241 e. The first-order valence-electron chi connectivity index (χ1n) is 9.05. The molecule has 0 saturated carbocycles. The maximum atomic E-state index is 12.6. The predicted molar refractivity (Wildman–Crippen MR) is 110 cm³/mol. The van der Waals surface area contributed by atoms with Crippen LogP contribution in [-0.2, 0) is 21.2 Å². The average molecular weight is 389 g/mol. The summed E-state index contributed by atoms with van der Waals surface area (Å²) in [6, 6.07) is 13.1. The molecule has 2 aromatic carbocycles. The second kappa shape index (κ2) is 8.57. The molecule has 1 atom stereocenters. The van der Waals surface area contributed by atoms with E-state index in [-0.39, 0.29) is 18.5 Å². The second-order valence-electron chi connectivity index (χ2n) is 6.94. The van der Waals surface area contributed by atoms with Gasteiger partial charge in [-0.05, 0) is 56.0 Å². The summed E-state index contributed by atoms with van der Waals surface area (Å²) < 4.78 is 25.6. The number of carbonyl (C=O) groups excluding carboxylic acids is 1. The lowest BCUT2D eigenvalue weighted by Crippen LogP contribution is -2.41. The highest BCUT2D eigenvalue weighted by Gasteiger charge is 2.22. The van der Waals surface area contributed by atoms with Crippen molar-refractivity contribution in [1.29, 1.82) is 0 Å². The molecule has 27 heavy (non-hydrogen) atoms. The van der Waals surface area contributed by atoms with Crippen LogP contribution in [0.4, 0.5) is 5.69 Å². The SMILES string of the molecule is CCc1ccc(N(CC(=O)NC(C)c2cc(C)ccc2C)S(C)(=O)=O)cc1. The first kappa shape index (κ1) is 21.0. The molecule has 0 aliphatic heterocycles. The molecule has 6 heteroatoms. The maximum absolute atomic E-state index is 12.6. The molecule has 0 fully saturated rings. The zero-order valence-corrected chi connectivity index (χ0v) is 17.4. The van der Waals surface area contributed by atoms with Gasteiger partial charge in [0, 0.05) is 0 Å². The zero-order valence-electron chi connectivity index (χ0n) is 16.6. The fourth-order valence-corrected chi connectivity index (χ4v) is 3.88. The quantitative estimate of drug-likeness (QED) is 0.789. The number of carbonyl (C=O) groups is 1. The first-order chi connectivity index (χ1) is 12.6. The van der Waals surface area contributed by atoms with Crippen molar-refractivity contribution in [2.45, 2.75) is 40.2 Å². The number of anilines is 1. The molecule has 1 unspecified atom stereocenters. The van der Waals surface area contributed by atoms with E-state index in [0.717, 1.165) is 39.2 Å². The van der Waals surface area contributed by atoms with Crippen molar-refractivity contribution >= 4 is 21.6 Å². The molecule has 2 aromatic rings. The van der Waals surface area contributed by atoms with Gasteiger partial charge in [0.25, 0.3) is 0 Å². The number of hydrogen-bond acceptors (Lipinski definition) is 3. The third-order valence-corrected chi connectivity index (χ3v) is 5.74. The van der Waals surface area contributed by atoms with Crippen molar-refractivity contribution in [2.75, 3.05) is 17.1 Å². The topological polar surface area (TPSA) is 66.5 Å². The number of amides is 1. The van der Waals surface area contributed by atoms with Gasteiger partial charge < -0.3 is 5.32 Å². The van der Waals surface area contributed by atoms with Gasteiger partial charge >= 0.3 is 0 Å². The van der Waals surface area contributed by atoms with Crippen LogP contribution in [-0.4, -0.2) is 27.1 Å². The number of benzene rings is 2. The van der Waals surface area contributed by atoms with Crippen molar-refractivity contribution in [2.24, 2.45) is 0 Å². The van der Waals surface area contributed by atoms with Gasteiger partial charge in [-0.1, -0.05) is 42.8 Å². The Kier molecular flexibility index (Phi) is 6.65. The van der Waals surface area contributed by atoms with E-state index >= 15 is 0 Å². The lowest BCUT2D eigenvalue weighted by molar-refractivity contribution is -0.120. The van der Waals surface area contributed by atoms with E-state index in [9.17, 15) is 13.2 Å². The van der Waals surface area contributed by atoms with Crippen molar-refractivity contribution in [3.63, 3.8) is 0 Å². The number of aryl methyl sites for hydroxylation is 3. The van der Waals surface area contributed by atoms with Crippen LogP contribution in [0, 0.1) is 13.8 Å². The normalized spacial score (nSPS) is 12.5. The van der Waals surface area contributed by atoms with Crippen LogP contribution < -0.4 is 9.62 Å². The van der Waals surface area contributed by atoms with Crippen LogP contribution in [0.2, 0.25) is 0 Å². The molecule has 146 valence electrons. The van der Waals surface area contributed by atoms with Gasteiger partial charge in [0.05, 0.1) is 18.0 Å². The molecule has 0 aliphatic rings. The van der Waals surface area contributed by atoms with Gasteiger partial charge in [0.2, 0.25) is 15.9 Å². The molecular weight excluding hydrogens is 360 g/mol. The van der Waals surface area contributed by atoms with E-state index in [4.69, 9.17) is 0 Å². The van der Waals surface area contributed by atoms with Crippen molar-refractivity contribution in [3.05, 3.63) is 64.7 Å². The van der Waals surface area contributed by atoms with Gasteiger partial charge in [-0.25, -0.2) is 8.42 Å². The molecule has 0 heterocycles. The summed E-state index contributed by atoms with van der Waals surface area (Å²) in [5.41, 5.74) is 4.83. The highest BCUT2D eigenvalue weighted by Crippen LogP contribution is 2.21. The van der Waals surface area contributed by atoms with Crippen molar-refractivity contribution < 1.29 is 13.2 Å². The van der Waals surface area contributed by atoms with Crippen LogP contribution >= 0.6 is 0 Å². The van der Waals surface area contributed by atoms with Crippen LogP contribution in [0.1, 0.15) is 42.1 Å². The molecule has 0 aliphatic carbocycles. The number of nitrogens with one attached hydrogen (secondary N) is 1. The highest BCUT2D eigenvalue weighted by atomic mass is 32.2. The number of hydrogen-bond donors (Lipinski definition) is 1. The van der Waals surface area contributed by atoms with Crippen LogP contribution in [0.3, 0.4) is 0 Å². The average Bonchev–Trinajstić information content (AvgIpc) is 2.61. The van der Waals surface area contributed by atoms with E-state index in [1.165, 1.54) is 0 Å². The number of nitrogens with zero attached hydrogens (tertiary/aromatic N) is 1. The predicted octanol–water partition coefficient (Wildman–Crippen LogP) is 3.51. The summed E-state index contributed by atoms with van der Waals surface area (Å²) in [6.45, 7) is 7.68. The Labute approximate surface area is 162 Å². The summed E-state index contributed by atoms with van der Waals surface area (Å²) in [5, 5.41) is 2.91. The summed E-state index contributed by atoms with van der Waals surface area (Å²) >= 11 is 0. The fraction of sp³-hybridized carbons (Fsp3) is 0.381. The molecule has 5 nitrogen and oxygen atoms in total. The molecule has 0 aromatic heterocycles. The molecule has 0 spiro atoms. The molecule has 2 rings (SSSR count). The summed E-state index contributed by atoms with van der Waals surface area (Å²) in [4.78, 5) is 12.6. The minimum Gasteiger partial charge on any atom is -0.348 e. The molecular formula is C21H28N2O3S. The molecule has 0 bridgehead atoms. The Morgan fingerprint density at radius 2 is 1.74 bits per heavy atom. The van der Waals surface area contributed by atoms with Crippen LogP contribution in [0.15, 0.2) is 42.5 Å². The summed E-state index contributed by atoms with van der Waals surface area (Å²) in [7, 11) is -3.58. The first-order valence-corrected chi connectivity index (χ1v) is 10.9. The van der Waals surface area contributed by atoms with Gasteiger partial charge in [-0.3, -0.25) is 9.10 Å². The zero-order chi connectivity index (χ0) is 20.2. The van der Waals surface area contributed by atoms with Crippen LogP contribution in [0.25, 0.3) is 0 Å². The highest BCUT2D eigenvalue weighted by molar-refractivity contribution is 7.92. The van der Waals surface area contributed by atoms with E-state index in [0.29, 0.717) is 5.69 Å². The molecule has 0 radical (unpaired) electrons. The minimum atomic E-state index is -3.58. The largest absolute Gasteiger partial charge is 0.348 e. The standard InChI is InChI=1S/C21H28N2O3S/c1-6-18-9-11-19(12-10-18)23(27(5,25)26)14-21(24)22-17(4)20-13-15(2)7-8-16(20)3/h7-13,17H,6,14H2,1-5H3,(H,22,24).